The lowest BCUT2D eigenvalue weighted by molar-refractivity contribution is -0.155. The first-order chi connectivity index (χ1) is 7.78. The fraction of sp³-hybridized carbons (Fsp3) is 0.846. The normalized spacial score (nSPS) is 24.6. The van der Waals surface area contributed by atoms with Crippen LogP contribution in [0.2, 0.25) is 0 Å². The first kappa shape index (κ1) is 14.0. The van der Waals surface area contributed by atoms with Crippen LogP contribution in [0, 0.1) is 11.8 Å². The molecule has 1 N–H and O–H groups in total. The quantitative estimate of drug-likeness (QED) is 0.770. The summed E-state index contributed by atoms with van der Waals surface area (Å²) in [7, 11) is 0. The summed E-state index contributed by atoms with van der Waals surface area (Å²) >= 11 is 0. The van der Waals surface area contributed by atoms with Crippen LogP contribution in [-0.2, 0) is 14.3 Å². The highest BCUT2D eigenvalue weighted by Crippen LogP contribution is 2.34. The third kappa shape index (κ3) is 5.20. The third-order valence-corrected chi connectivity index (χ3v) is 3.07. The molecule has 0 saturated heterocycles. The number of ether oxygens (including phenoxy) is 1. The van der Waals surface area contributed by atoms with Crippen LogP contribution in [0.3, 0.4) is 0 Å². The predicted molar refractivity (Wildman–Crippen MR) is 63.5 cm³/mol. The summed E-state index contributed by atoms with van der Waals surface area (Å²) in [6, 6.07) is 0. The Morgan fingerprint density at radius 2 is 1.94 bits per heavy atom. The molecule has 0 aromatic carbocycles. The van der Waals surface area contributed by atoms with E-state index in [4.69, 9.17) is 9.84 Å². The van der Waals surface area contributed by atoms with Gasteiger partial charge in [-0.1, -0.05) is 0 Å². The first-order valence-electron chi connectivity index (χ1n) is 6.22. The summed E-state index contributed by atoms with van der Waals surface area (Å²) in [4.78, 5) is 22.3. The second kappa shape index (κ2) is 5.52. The molecule has 0 aromatic heterocycles. The van der Waals surface area contributed by atoms with Crippen LogP contribution < -0.4 is 0 Å². The Morgan fingerprint density at radius 1 is 1.29 bits per heavy atom. The Labute approximate surface area is 102 Å². The van der Waals surface area contributed by atoms with E-state index in [1.54, 1.807) is 0 Å². The van der Waals surface area contributed by atoms with Gasteiger partial charge in [-0.05, 0) is 52.4 Å². The van der Waals surface area contributed by atoms with Crippen molar-refractivity contribution in [1.82, 2.24) is 0 Å². The Balaban J connectivity index is 2.24. The van der Waals surface area contributed by atoms with Gasteiger partial charge < -0.3 is 9.84 Å². The third-order valence-electron chi connectivity index (χ3n) is 3.07. The Morgan fingerprint density at radius 3 is 2.41 bits per heavy atom. The van der Waals surface area contributed by atoms with Gasteiger partial charge in [0.25, 0.3) is 0 Å². The zero-order chi connectivity index (χ0) is 13.1. The van der Waals surface area contributed by atoms with Crippen LogP contribution in [0.5, 0.6) is 0 Å². The molecule has 17 heavy (non-hydrogen) atoms. The number of carbonyl (C=O) groups excluding carboxylic acids is 1. The van der Waals surface area contributed by atoms with Crippen LogP contribution in [0.15, 0.2) is 0 Å². The summed E-state index contributed by atoms with van der Waals surface area (Å²) in [6.07, 6.45) is 3.51. The van der Waals surface area contributed by atoms with E-state index in [0.29, 0.717) is 18.8 Å². The molecule has 4 nitrogen and oxygen atoms in total. The number of carboxylic acids is 1. The molecule has 1 saturated carbocycles. The van der Waals surface area contributed by atoms with Crippen molar-refractivity contribution in [3.8, 4) is 0 Å². The van der Waals surface area contributed by atoms with Gasteiger partial charge in [-0.15, -0.1) is 0 Å². The van der Waals surface area contributed by atoms with E-state index in [1.165, 1.54) is 0 Å². The maximum atomic E-state index is 11.5. The monoisotopic (exact) mass is 242 g/mol. The molecule has 0 spiro atoms. The minimum Gasteiger partial charge on any atom is -0.481 e. The highest BCUT2D eigenvalue weighted by molar-refractivity contribution is 5.71. The van der Waals surface area contributed by atoms with Crippen LogP contribution in [0.4, 0.5) is 0 Å². The molecule has 0 aromatic rings. The van der Waals surface area contributed by atoms with Gasteiger partial charge in [0.15, 0.2) is 0 Å². The molecule has 0 radical (unpaired) electrons. The van der Waals surface area contributed by atoms with Gasteiger partial charge in [0.2, 0.25) is 0 Å². The van der Waals surface area contributed by atoms with Crippen molar-refractivity contribution in [2.45, 2.75) is 58.5 Å². The zero-order valence-electron chi connectivity index (χ0n) is 10.9. The van der Waals surface area contributed by atoms with E-state index >= 15 is 0 Å². The van der Waals surface area contributed by atoms with Crippen molar-refractivity contribution >= 4 is 11.9 Å². The van der Waals surface area contributed by atoms with E-state index in [9.17, 15) is 9.59 Å². The molecule has 0 amide bonds. The summed E-state index contributed by atoms with van der Waals surface area (Å²) in [5, 5.41) is 8.87. The minimum atomic E-state index is -0.704. The molecular formula is C13H22O4. The number of hydrogen-bond donors (Lipinski definition) is 1. The fourth-order valence-corrected chi connectivity index (χ4v) is 2.28. The van der Waals surface area contributed by atoms with E-state index in [0.717, 1.165) is 19.3 Å². The molecule has 98 valence electrons. The molecule has 1 aliphatic rings. The molecule has 1 fully saturated rings. The summed E-state index contributed by atoms with van der Waals surface area (Å²) in [5.41, 5.74) is -0.434. The lowest BCUT2D eigenvalue weighted by Crippen LogP contribution is -2.24. The number of aliphatic carboxylic acids is 1. The maximum absolute atomic E-state index is 11.5. The van der Waals surface area contributed by atoms with Crippen molar-refractivity contribution in [1.29, 1.82) is 0 Å². The van der Waals surface area contributed by atoms with Crippen molar-refractivity contribution in [3.05, 3.63) is 0 Å². The van der Waals surface area contributed by atoms with E-state index in [1.807, 2.05) is 20.8 Å². The summed E-state index contributed by atoms with van der Waals surface area (Å²) in [6.45, 7) is 5.54. The minimum absolute atomic E-state index is 0.184. The van der Waals surface area contributed by atoms with Gasteiger partial charge >= 0.3 is 11.9 Å². The summed E-state index contributed by atoms with van der Waals surface area (Å²) in [5.74, 6) is -0.733. The Kier molecular flexibility index (Phi) is 4.54. The number of carbonyl (C=O) groups is 2. The first-order valence-corrected chi connectivity index (χ1v) is 6.22. The van der Waals surface area contributed by atoms with Gasteiger partial charge in [0, 0.05) is 6.42 Å². The average molecular weight is 242 g/mol. The molecule has 0 heterocycles. The van der Waals surface area contributed by atoms with Crippen molar-refractivity contribution in [3.63, 3.8) is 0 Å². The van der Waals surface area contributed by atoms with Gasteiger partial charge in [-0.25, -0.2) is 0 Å². The highest BCUT2D eigenvalue weighted by atomic mass is 16.6. The number of carboxylic acid groups (broad SMARTS) is 1. The SMILES string of the molecule is CC(C)(C)OC(=O)CCC1CCC(C(=O)O)C1. The lowest BCUT2D eigenvalue weighted by Gasteiger charge is -2.20. The fourth-order valence-electron chi connectivity index (χ4n) is 2.28. The van der Waals surface area contributed by atoms with E-state index in [-0.39, 0.29) is 11.9 Å². The van der Waals surface area contributed by atoms with Crippen LogP contribution in [0.25, 0.3) is 0 Å². The van der Waals surface area contributed by atoms with E-state index in [2.05, 4.69) is 0 Å². The number of esters is 1. The summed E-state index contributed by atoms with van der Waals surface area (Å²) < 4.78 is 5.22. The van der Waals surface area contributed by atoms with Gasteiger partial charge in [0.05, 0.1) is 5.92 Å². The van der Waals surface area contributed by atoms with Gasteiger partial charge in [0.1, 0.15) is 5.60 Å². The average Bonchev–Trinajstić information content (AvgIpc) is 2.60. The zero-order valence-corrected chi connectivity index (χ0v) is 10.9. The maximum Gasteiger partial charge on any atom is 0.306 e. The van der Waals surface area contributed by atoms with Gasteiger partial charge in [-0.2, -0.15) is 0 Å². The topological polar surface area (TPSA) is 63.6 Å². The highest BCUT2D eigenvalue weighted by Gasteiger charge is 2.30. The lowest BCUT2D eigenvalue weighted by atomic mass is 10.00. The molecule has 1 aliphatic carbocycles. The second-order valence-corrected chi connectivity index (χ2v) is 5.84. The number of hydrogen-bond acceptors (Lipinski definition) is 3. The van der Waals surface area contributed by atoms with Crippen LogP contribution >= 0.6 is 0 Å². The molecule has 1 rings (SSSR count). The molecule has 2 unspecified atom stereocenters. The van der Waals surface area contributed by atoms with Crippen molar-refractivity contribution < 1.29 is 19.4 Å². The largest absolute Gasteiger partial charge is 0.481 e. The predicted octanol–water partition coefficient (Wildman–Crippen LogP) is 2.61. The second-order valence-electron chi connectivity index (χ2n) is 5.84. The van der Waals surface area contributed by atoms with Crippen LogP contribution in [0.1, 0.15) is 52.9 Å². The molecular weight excluding hydrogens is 220 g/mol. The molecule has 0 aliphatic heterocycles. The van der Waals surface area contributed by atoms with E-state index < -0.39 is 11.6 Å². The molecule has 4 heteroatoms. The van der Waals surface area contributed by atoms with Crippen molar-refractivity contribution in [2.24, 2.45) is 11.8 Å². The van der Waals surface area contributed by atoms with Crippen LogP contribution in [-0.4, -0.2) is 22.6 Å². The van der Waals surface area contributed by atoms with Gasteiger partial charge in [-0.3, -0.25) is 9.59 Å². The smallest absolute Gasteiger partial charge is 0.306 e. The Hall–Kier alpha value is -1.06. The van der Waals surface area contributed by atoms with Crippen molar-refractivity contribution in [2.75, 3.05) is 0 Å². The standard InChI is InChI=1S/C13H22O4/c1-13(2,3)17-11(14)7-5-9-4-6-10(8-9)12(15)16/h9-10H,4-8H2,1-3H3,(H,15,16). The Bertz CT molecular complexity index is 290. The molecule has 0 bridgehead atoms. The number of rotatable bonds is 4. The molecule has 2 atom stereocenters.